The summed E-state index contributed by atoms with van der Waals surface area (Å²) in [4.78, 5) is 18.6. The van der Waals surface area contributed by atoms with E-state index in [1.165, 1.54) is 11.3 Å². The van der Waals surface area contributed by atoms with Crippen molar-refractivity contribution in [3.63, 3.8) is 0 Å². The number of carbonyl (C=O) groups is 1. The standard InChI is InChI=1S/C9H8N4OS/c10-9(11)12-5-2-1-3-6-8(5)13-7(4-14)15-6/h1-4H,(H4,10,11,12). The molecule has 0 saturated carbocycles. The quantitative estimate of drug-likeness (QED) is 0.448. The Morgan fingerprint density at radius 3 is 2.93 bits per heavy atom. The first kappa shape index (κ1) is 9.60. The number of nitrogens with zero attached hydrogens (tertiary/aromatic N) is 2. The summed E-state index contributed by atoms with van der Waals surface area (Å²) in [6, 6.07) is 5.43. The van der Waals surface area contributed by atoms with Crippen LogP contribution in [0.3, 0.4) is 0 Å². The van der Waals surface area contributed by atoms with Crippen molar-refractivity contribution in [3.8, 4) is 0 Å². The van der Waals surface area contributed by atoms with E-state index in [9.17, 15) is 4.79 Å². The lowest BCUT2D eigenvalue weighted by atomic mass is 10.3. The maximum Gasteiger partial charge on any atom is 0.191 e. The Labute approximate surface area is 89.4 Å². The van der Waals surface area contributed by atoms with Crippen molar-refractivity contribution >= 4 is 39.5 Å². The van der Waals surface area contributed by atoms with E-state index >= 15 is 0 Å². The van der Waals surface area contributed by atoms with Crippen LogP contribution in [-0.4, -0.2) is 17.2 Å². The van der Waals surface area contributed by atoms with Crippen molar-refractivity contribution in [1.29, 1.82) is 0 Å². The van der Waals surface area contributed by atoms with E-state index in [0.717, 1.165) is 4.70 Å². The van der Waals surface area contributed by atoms with Gasteiger partial charge in [0.25, 0.3) is 0 Å². The van der Waals surface area contributed by atoms with E-state index < -0.39 is 0 Å². The zero-order valence-corrected chi connectivity index (χ0v) is 8.49. The molecule has 0 spiro atoms. The molecule has 0 radical (unpaired) electrons. The molecule has 6 heteroatoms. The Morgan fingerprint density at radius 1 is 1.47 bits per heavy atom. The number of hydrogen-bond donors (Lipinski definition) is 2. The number of guanidine groups is 1. The van der Waals surface area contributed by atoms with Crippen molar-refractivity contribution < 1.29 is 4.79 Å². The van der Waals surface area contributed by atoms with Gasteiger partial charge in [0.05, 0.1) is 10.4 Å². The van der Waals surface area contributed by atoms with Gasteiger partial charge in [-0.1, -0.05) is 6.07 Å². The number of para-hydroxylation sites is 1. The number of benzene rings is 1. The first-order valence-electron chi connectivity index (χ1n) is 4.15. The van der Waals surface area contributed by atoms with Crippen molar-refractivity contribution in [1.82, 2.24) is 4.98 Å². The Bertz CT molecular complexity index is 542. The first-order valence-corrected chi connectivity index (χ1v) is 4.96. The summed E-state index contributed by atoms with van der Waals surface area (Å²) in [7, 11) is 0. The predicted octanol–water partition coefficient (Wildman–Crippen LogP) is 1.01. The summed E-state index contributed by atoms with van der Waals surface area (Å²) in [5.74, 6) is -0.0249. The van der Waals surface area contributed by atoms with Crippen LogP contribution < -0.4 is 11.5 Å². The molecule has 76 valence electrons. The van der Waals surface area contributed by atoms with E-state index in [2.05, 4.69) is 9.98 Å². The van der Waals surface area contributed by atoms with E-state index in [1.54, 1.807) is 6.07 Å². The van der Waals surface area contributed by atoms with Gasteiger partial charge in [0.15, 0.2) is 17.3 Å². The molecule has 1 heterocycles. The van der Waals surface area contributed by atoms with Gasteiger partial charge in [-0.3, -0.25) is 4.79 Å². The number of aromatic nitrogens is 1. The Hall–Kier alpha value is -1.95. The van der Waals surface area contributed by atoms with Crippen LogP contribution in [0.1, 0.15) is 9.80 Å². The number of nitrogens with two attached hydrogens (primary N) is 2. The highest BCUT2D eigenvalue weighted by molar-refractivity contribution is 7.20. The molecule has 0 unspecified atom stereocenters. The van der Waals surface area contributed by atoms with Crippen molar-refractivity contribution in [2.24, 2.45) is 16.5 Å². The van der Waals surface area contributed by atoms with E-state index in [0.29, 0.717) is 22.5 Å². The number of hydrogen-bond acceptors (Lipinski definition) is 4. The lowest BCUT2D eigenvalue weighted by Crippen LogP contribution is -2.21. The van der Waals surface area contributed by atoms with Crippen LogP contribution in [-0.2, 0) is 0 Å². The molecule has 0 fully saturated rings. The number of fused-ring (bicyclic) bond motifs is 1. The summed E-state index contributed by atoms with van der Waals surface area (Å²) < 4.78 is 0.889. The van der Waals surface area contributed by atoms with Gasteiger partial charge in [-0.05, 0) is 12.1 Å². The fourth-order valence-corrected chi connectivity index (χ4v) is 2.03. The minimum Gasteiger partial charge on any atom is -0.370 e. The SMILES string of the molecule is NC(N)=Nc1cccc2sc(C=O)nc12. The van der Waals surface area contributed by atoms with Crippen molar-refractivity contribution in [3.05, 3.63) is 23.2 Å². The molecule has 0 saturated heterocycles. The third-order valence-electron chi connectivity index (χ3n) is 1.76. The van der Waals surface area contributed by atoms with Gasteiger partial charge in [-0.2, -0.15) is 0 Å². The second kappa shape index (κ2) is 3.66. The van der Waals surface area contributed by atoms with Crippen LogP contribution in [0.15, 0.2) is 23.2 Å². The Balaban J connectivity index is 2.69. The normalized spacial score (nSPS) is 10.1. The van der Waals surface area contributed by atoms with Crippen LogP contribution in [0.2, 0.25) is 0 Å². The predicted molar refractivity (Wildman–Crippen MR) is 60.5 cm³/mol. The lowest BCUT2D eigenvalue weighted by Gasteiger charge is -1.95. The van der Waals surface area contributed by atoms with Gasteiger partial charge in [-0.25, -0.2) is 9.98 Å². The fraction of sp³-hybridized carbons (Fsp3) is 0. The van der Waals surface area contributed by atoms with Crippen LogP contribution in [0, 0.1) is 0 Å². The topological polar surface area (TPSA) is 94.4 Å². The summed E-state index contributed by atoms with van der Waals surface area (Å²) in [5, 5.41) is 0.420. The molecule has 0 amide bonds. The molecule has 0 atom stereocenters. The van der Waals surface area contributed by atoms with Gasteiger partial charge in [0.1, 0.15) is 5.52 Å². The summed E-state index contributed by atoms with van der Waals surface area (Å²) >= 11 is 1.31. The molecule has 2 aromatic rings. The minimum atomic E-state index is -0.0249. The lowest BCUT2D eigenvalue weighted by molar-refractivity contribution is 0.112. The zero-order chi connectivity index (χ0) is 10.8. The smallest absolute Gasteiger partial charge is 0.191 e. The molecular formula is C9H8N4OS. The molecule has 15 heavy (non-hydrogen) atoms. The third-order valence-corrected chi connectivity index (χ3v) is 2.71. The minimum absolute atomic E-state index is 0.0249. The van der Waals surface area contributed by atoms with E-state index in [4.69, 9.17) is 11.5 Å². The zero-order valence-electron chi connectivity index (χ0n) is 7.68. The Kier molecular flexibility index (Phi) is 2.34. The molecule has 4 N–H and O–H groups in total. The second-order valence-corrected chi connectivity index (χ2v) is 3.89. The number of rotatable bonds is 2. The molecule has 0 aliphatic rings. The fourth-order valence-electron chi connectivity index (χ4n) is 1.23. The molecular weight excluding hydrogens is 212 g/mol. The number of carbonyl (C=O) groups excluding carboxylic acids is 1. The molecule has 0 aliphatic heterocycles. The second-order valence-electron chi connectivity index (χ2n) is 2.83. The van der Waals surface area contributed by atoms with Crippen LogP contribution in [0.25, 0.3) is 10.2 Å². The maximum absolute atomic E-state index is 10.6. The monoisotopic (exact) mass is 220 g/mol. The number of thiazole rings is 1. The average Bonchev–Trinajstić information content (AvgIpc) is 2.61. The average molecular weight is 220 g/mol. The van der Waals surface area contributed by atoms with Crippen molar-refractivity contribution in [2.45, 2.75) is 0 Å². The van der Waals surface area contributed by atoms with Gasteiger partial charge < -0.3 is 11.5 Å². The molecule has 0 bridgehead atoms. The third kappa shape index (κ3) is 1.79. The summed E-state index contributed by atoms with van der Waals surface area (Å²) in [6.07, 6.45) is 0.712. The highest BCUT2D eigenvalue weighted by Crippen LogP contribution is 2.29. The molecule has 5 nitrogen and oxygen atoms in total. The first-order chi connectivity index (χ1) is 7.20. The molecule has 1 aromatic carbocycles. The van der Waals surface area contributed by atoms with Crippen molar-refractivity contribution in [2.75, 3.05) is 0 Å². The summed E-state index contributed by atoms with van der Waals surface area (Å²) in [6.45, 7) is 0. The highest BCUT2D eigenvalue weighted by atomic mass is 32.1. The summed E-state index contributed by atoms with van der Waals surface area (Å²) in [5.41, 5.74) is 11.8. The highest BCUT2D eigenvalue weighted by Gasteiger charge is 2.06. The molecule has 1 aromatic heterocycles. The van der Waals surface area contributed by atoms with Crippen LogP contribution in [0.4, 0.5) is 5.69 Å². The van der Waals surface area contributed by atoms with Gasteiger partial charge in [0.2, 0.25) is 0 Å². The van der Waals surface area contributed by atoms with Gasteiger partial charge >= 0.3 is 0 Å². The van der Waals surface area contributed by atoms with Gasteiger partial charge in [-0.15, -0.1) is 11.3 Å². The van der Waals surface area contributed by atoms with E-state index in [-0.39, 0.29) is 5.96 Å². The van der Waals surface area contributed by atoms with Crippen LogP contribution >= 0.6 is 11.3 Å². The number of aldehydes is 1. The molecule has 0 aliphatic carbocycles. The number of aliphatic imine (C=N–C) groups is 1. The van der Waals surface area contributed by atoms with Crippen LogP contribution in [0.5, 0.6) is 0 Å². The van der Waals surface area contributed by atoms with E-state index in [1.807, 2.05) is 12.1 Å². The van der Waals surface area contributed by atoms with Gasteiger partial charge in [0, 0.05) is 0 Å². The Morgan fingerprint density at radius 2 is 2.27 bits per heavy atom. The molecule has 2 rings (SSSR count). The largest absolute Gasteiger partial charge is 0.370 e. The maximum atomic E-state index is 10.6.